The van der Waals surface area contributed by atoms with Gasteiger partial charge < -0.3 is 36.8 Å². The van der Waals surface area contributed by atoms with Gasteiger partial charge >= 0.3 is 0 Å². The molecule has 2 aromatic rings. The SMILES string of the molecule is OCCN(Cc1ccccc1)CC(O)COc1ccc2c(c1)OCO2.[Cl-]. The summed E-state index contributed by atoms with van der Waals surface area (Å²) >= 11 is 0. The zero-order valence-electron chi connectivity index (χ0n) is 14.4. The van der Waals surface area contributed by atoms with E-state index in [0.29, 0.717) is 36.9 Å². The maximum absolute atomic E-state index is 10.3. The van der Waals surface area contributed by atoms with E-state index < -0.39 is 6.10 Å². The Bertz CT molecular complexity index is 670. The van der Waals surface area contributed by atoms with Crippen molar-refractivity contribution in [3.63, 3.8) is 0 Å². The van der Waals surface area contributed by atoms with Crippen LogP contribution in [0.1, 0.15) is 5.56 Å². The molecule has 1 aliphatic heterocycles. The lowest BCUT2D eigenvalue weighted by Crippen LogP contribution is -3.00. The zero-order valence-corrected chi connectivity index (χ0v) is 15.1. The third-order valence-electron chi connectivity index (χ3n) is 3.92. The minimum atomic E-state index is -0.666. The van der Waals surface area contributed by atoms with Gasteiger partial charge in [0.15, 0.2) is 11.5 Å². The number of rotatable bonds is 9. The van der Waals surface area contributed by atoms with Crippen molar-refractivity contribution in [1.82, 2.24) is 4.90 Å². The van der Waals surface area contributed by atoms with Crippen LogP contribution in [0.5, 0.6) is 17.2 Å². The lowest BCUT2D eigenvalue weighted by molar-refractivity contribution is -0.0000112. The van der Waals surface area contributed by atoms with Crippen LogP contribution in [0.4, 0.5) is 0 Å². The average molecular weight is 381 g/mol. The summed E-state index contributed by atoms with van der Waals surface area (Å²) in [5, 5.41) is 19.5. The second-order valence-corrected chi connectivity index (χ2v) is 5.92. The highest BCUT2D eigenvalue weighted by Gasteiger charge is 2.16. The molecule has 0 saturated carbocycles. The Morgan fingerprint density at radius 2 is 1.85 bits per heavy atom. The molecule has 2 N–H and O–H groups in total. The quantitative estimate of drug-likeness (QED) is 0.561. The van der Waals surface area contributed by atoms with Crippen molar-refractivity contribution >= 4 is 0 Å². The second kappa shape index (κ2) is 10.2. The topological polar surface area (TPSA) is 71.4 Å². The summed E-state index contributed by atoms with van der Waals surface area (Å²) in [7, 11) is 0. The minimum Gasteiger partial charge on any atom is -1.00 e. The standard InChI is InChI=1S/C19H23NO5.ClH/c21-9-8-20(11-15-4-2-1-3-5-15)12-16(22)13-23-17-6-7-18-19(10-17)25-14-24-18;/h1-7,10,16,21-22H,8-9,11-14H2;1H/p-1. The largest absolute Gasteiger partial charge is 1.00 e. The summed E-state index contributed by atoms with van der Waals surface area (Å²) in [6, 6.07) is 15.3. The third kappa shape index (κ3) is 5.78. The fourth-order valence-electron chi connectivity index (χ4n) is 2.73. The van der Waals surface area contributed by atoms with Crippen molar-refractivity contribution in [2.75, 3.05) is 33.1 Å². The molecule has 1 aliphatic rings. The van der Waals surface area contributed by atoms with E-state index in [0.717, 1.165) is 5.56 Å². The molecule has 0 aromatic heterocycles. The van der Waals surface area contributed by atoms with E-state index in [1.807, 2.05) is 35.2 Å². The fraction of sp³-hybridized carbons (Fsp3) is 0.368. The van der Waals surface area contributed by atoms with E-state index in [-0.39, 0.29) is 32.4 Å². The zero-order chi connectivity index (χ0) is 17.5. The molecule has 2 aromatic carbocycles. The molecule has 0 bridgehead atoms. The summed E-state index contributed by atoms with van der Waals surface area (Å²) in [4.78, 5) is 2.00. The molecule has 0 amide bonds. The van der Waals surface area contributed by atoms with Crippen LogP contribution < -0.4 is 26.6 Å². The number of nitrogens with zero attached hydrogens (tertiary/aromatic N) is 1. The molecule has 1 atom stereocenters. The molecule has 142 valence electrons. The Morgan fingerprint density at radius 3 is 2.62 bits per heavy atom. The van der Waals surface area contributed by atoms with Crippen LogP contribution in [0, 0.1) is 0 Å². The van der Waals surface area contributed by atoms with E-state index in [2.05, 4.69) is 0 Å². The second-order valence-electron chi connectivity index (χ2n) is 5.92. The number of hydrogen-bond acceptors (Lipinski definition) is 6. The molecule has 0 saturated heterocycles. The van der Waals surface area contributed by atoms with Crippen LogP contribution in [0.2, 0.25) is 0 Å². The molecule has 0 radical (unpaired) electrons. The van der Waals surface area contributed by atoms with E-state index in [4.69, 9.17) is 14.2 Å². The molecule has 1 heterocycles. The number of hydrogen-bond donors (Lipinski definition) is 2. The van der Waals surface area contributed by atoms with Gasteiger partial charge in [0, 0.05) is 25.7 Å². The summed E-state index contributed by atoms with van der Waals surface area (Å²) in [6.07, 6.45) is -0.666. The maximum Gasteiger partial charge on any atom is 0.231 e. The Kier molecular flexibility index (Phi) is 8.00. The molecule has 0 spiro atoms. The van der Waals surface area contributed by atoms with Gasteiger partial charge in [0.2, 0.25) is 6.79 Å². The highest BCUT2D eigenvalue weighted by molar-refractivity contribution is 5.46. The number of ether oxygens (including phenoxy) is 3. The predicted molar refractivity (Wildman–Crippen MR) is 92.9 cm³/mol. The molecule has 0 fully saturated rings. The average Bonchev–Trinajstić information content (AvgIpc) is 3.09. The normalized spacial score (nSPS) is 13.3. The number of aliphatic hydroxyl groups is 2. The Morgan fingerprint density at radius 1 is 1.08 bits per heavy atom. The lowest BCUT2D eigenvalue weighted by Gasteiger charge is -2.24. The molecule has 3 rings (SSSR count). The van der Waals surface area contributed by atoms with Crippen LogP contribution in [0.3, 0.4) is 0 Å². The number of fused-ring (bicyclic) bond motifs is 1. The summed E-state index contributed by atoms with van der Waals surface area (Å²) in [5.41, 5.74) is 1.14. The van der Waals surface area contributed by atoms with Crippen molar-refractivity contribution in [2.45, 2.75) is 12.6 Å². The van der Waals surface area contributed by atoms with Crippen molar-refractivity contribution in [3.05, 3.63) is 54.1 Å². The Balaban J connectivity index is 0.00000243. The molecule has 0 aliphatic carbocycles. The summed E-state index contributed by atoms with van der Waals surface area (Å²) in [6.45, 7) is 2.01. The molecular weight excluding hydrogens is 358 g/mol. The van der Waals surface area contributed by atoms with Gasteiger partial charge in [0.05, 0.1) is 6.61 Å². The summed E-state index contributed by atoms with van der Waals surface area (Å²) in [5.74, 6) is 1.97. The van der Waals surface area contributed by atoms with Crippen LogP contribution in [-0.2, 0) is 6.54 Å². The first-order valence-corrected chi connectivity index (χ1v) is 8.32. The van der Waals surface area contributed by atoms with E-state index >= 15 is 0 Å². The summed E-state index contributed by atoms with van der Waals surface area (Å²) < 4.78 is 16.2. The van der Waals surface area contributed by atoms with Crippen LogP contribution in [-0.4, -0.2) is 54.3 Å². The van der Waals surface area contributed by atoms with Crippen LogP contribution in [0.25, 0.3) is 0 Å². The smallest absolute Gasteiger partial charge is 0.231 e. The van der Waals surface area contributed by atoms with Gasteiger partial charge in [0.1, 0.15) is 18.5 Å². The molecular formula is C19H23ClNO5-. The highest BCUT2D eigenvalue weighted by Crippen LogP contribution is 2.35. The highest BCUT2D eigenvalue weighted by atomic mass is 35.5. The maximum atomic E-state index is 10.3. The molecule has 1 unspecified atom stereocenters. The van der Waals surface area contributed by atoms with Crippen molar-refractivity contribution in [1.29, 1.82) is 0 Å². The van der Waals surface area contributed by atoms with Crippen molar-refractivity contribution in [3.8, 4) is 17.2 Å². The van der Waals surface area contributed by atoms with Gasteiger partial charge in [-0.15, -0.1) is 0 Å². The molecule has 6 nitrogen and oxygen atoms in total. The number of aliphatic hydroxyl groups excluding tert-OH is 2. The van der Waals surface area contributed by atoms with Gasteiger partial charge in [-0.25, -0.2) is 0 Å². The number of halogens is 1. The monoisotopic (exact) mass is 380 g/mol. The molecule has 26 heavy (non-hydrogen) atoms. The van der Waals surface area contributed by atoms with E-state index in [1.165, 1.54) is 0 Å². The van der Waals surface area contributed by atoms with E-state index in [9.17, 15) is 10.2 Å². The van der Waals surface area contributed by atoms with Crippen LogP contribution >= 0.6 is 0 Å². The lowest BCUT2D eigenvalue weighted by atomic mass is 10.2. The van der Waals surface area contributed by atoms with Gasteiger partial charge in [0.25, 0.3) is 0 Å². The Labute approximate surface area is 159 Å². The predicted octanol–water partition coefficient (Wildman–Crippen LogP) is -1.35. The van der Waals surface area contributed by atoms with Crippen molar-refractivity contribution in [2.24, 2.45) is 0 Å². The van der Waals surface area contributed by atoms with Gasteiger partial charge in [-0.05, 0) is 17.7 Å². The van der Waals surface area contributed by atoms with Gasteiger partial charge in [-0.3, -0.25) is 4.90 Å². The van der Waals surface area contributed by atoms with Gasteiger partial charge in [-0.2, -0.15) is 0 Å². The van der Waals surface area contributed by atoms with E-state index in [1.54, 1.807) is 18.2 Å². The first-order valence-electron chi connectivity index (χ1n) is 8.32. The van der Waals surface area contributed by atoms with Crippen LogP contribution in [0.15, 0.2) is 48.5 Å². The third-order valence-corrected chi connectivity index (χ3v) is 3.92. The Hall–Kier alpha value is -1.99. The first kappa shape index (κ1) is 20.3. The van der Waals surface area contributed by atoms with Crippen molar-refractivity contribution < 1.29 is 36.8 Å². The first-order chi connectivity index (χ1) is 12.2. The fourth-order valence-corrected chi connectivity index (χ4v) is 2.73. The van der Waals surface area contributed by atoms with Gasteiger partial charge in [-0.1, -0.05) is 30.3 Å². The minimum absolute atomic E-state index is 0. The number of benzene rings is 2. The molecule has 7 heteroatoms.